The summed E-state index contributed by atoms with van der Waals surface area (Å²) in [5.41, 5.74) is 7.84. The third-order valence-electron chi connectivity index (χ3n) is 9.57. The maximum Gasteiger partial charge on any atom is 0.339 e. The predicted molar refractivity (Wildman–Crippen MR) is 162 cm³/mol. The van der Waals surface area contributed by atoms with E-state index in [0.29, 0.717) is 18.2 Å². The zero-order valence-electron chi connectivity index (χ0n) is 24.0. The molecule has 220 valence electrons. The zero-order valence-corrected chi connectivity index (χ0v) is 24.9. The lowest BCUT2D eigenvalue weighted by Gasteiger charge is -2.42. The molecule has 1 fully saturated rings. The summed E-state index contributed by atoms with van der Waals surface area (Å²) in [6, 6.07) is 23.8. The normalized spacial score (nSPS) is 19.1. The third-order valence-corrected chi connectivity index (χ3v) is 10.8. The number of rotatable bonds is 6. The topological polar surface area (TPSA) is 74.3 Å². The summed E-state index contributed by atoms with van der Waals surface area (Å²) < 4.78 is 50.0. The van der Waals surface area contributed by atoms with Crippen LogP contribution in [0.5, 0.6) is 23.0 Å². The molecule has 1 unspecified atom stereocenters. The van der Waals surface area contributed by atoms with Gasteiger partial charge in [-0.3, -0.25) is 4.90 Å². The van der Waals surface area contributed by atoms with Crippen molar-refractivity contribution in [2.75, 3.05) is 20.4 Å². The molecule has 0 N–H and O–H groups in total. The molecule has 0 amide bonds. The second kappa shape index (κ2) is 10.3. The van der Waals surface area contributed by atoms with Crippen molar-refractivity contribution in [3.63, 3.8) is 0 Å². The molecule has 43 heavy (non-hydrogen) atoms. The Morgan fingerprint density at radius 1 is 0.860 bits per heavy atom. The Hall–Kier alpha value is -4.01. The molecule has 1 saturated carbocycles. The molecule has 0 saturated heterocycles. The van der Waals surface area contributed by atoms with Crippen molar-refractivity contribution in [1.82, 2.24) is 4.90 Å². The molecular weight excluding hydrogens is 562 g/mol. The van der Waals surface area contributed by atoms with Gasteiger partial charge in [0, 0.05) is 24.7 Å². The lowest BCUT2D eigenvalue weighted by atomic mass is 9.80. The minimum atomic E-state index is -4.11. The molecule has 1 aliphatic carbocycles. The molecule has 7 nitrogen and oxygen atoms in total. The zero-order chi connectivity index (χ0) is 29.1. The van der Waals surface area contributed by atoms with Gasteiger partial charge in [0.1, 0.15) is 4.90 Å². The highest BCUT2D eigenvalue weighted by Crippen LogP contribution is 2.47. The minimum Gasteiger partial charge on any atom is -0.493 e. The first-order valence-electron chi connectivity index (χ1n) is 15.0. The molecule has 0 spiro atoms. The molecule has 3 heterocycles. The standard InChI is InChI=1S/C35H33NO6S/c1-39-32-14-11-26-17-31-29-19-34-33(40-21-41-34)18-27(29)15-16-36(31)20-30(26)35(32)42-43(37,38)28-12-9-25(10-13-28)24-7-5-23(6-8-24)22-3-2-4-22/h5-14,18-19,22,31H,2-4,15-17,20-21H2,1H3. The van der Waals surface area contributed by atoms with Crippen LogP contribution in [0, 0.1) is 0 Å². The van der Waals surface area contributed by atoms with Crippen molar-refractivity contribution in [1.29, 1.82) is 0 Å². The van der Waals surface area contributed by atoms with E-state index in [1.54, 1.807) is 18.2 Å². The van der Waals surface area contributed by atoms with Crippen molar-refractivity contribution in [3.8, 4) is 34.1 Å². The van der Waals surface area contributed by atoms with Gasteiger partial charge in [-0.2, -0.15) is 8.42 Å². The second-order valence-corrected chi connectivity index (χ2v) is 13.4. The van der Waals surface area contributed by atoms with Crippen LogP contribution in [-0.2, 0) is 29.5 Å². The highest BCUT2D eigenvalue weighted by molar-refractivity contribution is 7.87. The van der Waals surface area contributed by atoms with Crippen LogP contribution in [0.3, 0.4) is 0 Å². The van der Waals surface area contributed by atoms with Crippen LogP contribution in [0.1, 0.15) is 59.0 Å². The van der Waals surface area contributed by atoms with Gasteiger partial charge in [0.05, 0.1) is 7.11 Å². The van der Waals surface area contributed by atoms with Crippen LogP contribution >= 0.6 is 0 Å². The Bertz CT molecular complexity index is 1810. The van der Waals surface area contributed by atoms with Crippen molar-refractivity contribution < 1.29 is 26.8 Å². The molecule has 3 aliphatic heterocycles. The van der Waals surface area contributed by atoms with Crippen molar-refractivity contribution in [2.45, 2.75) is 55.5 Å². The van der Waals surface area contributed by atoms with Crippen molar-refractivity contribution >= 4 is 10.1 Å². The van der Waals surface area contributed by atoms with E-state index in [0.717, 1.165) is 53.1 Å². The Kier molecular flexibility index (Phi) is 6.38. The molecule has 1 atom stereocenters. The third kappa shape index (κ3) is 4.64. The predicted octanol–water partition coefficient (Wildman–Crippen LogP) is 6.78. The quantitative estimate of drug-likeness (QED) is 0.228. The number of methoxy groups -OCH3 is 1. The summed E-state index contributed by atoms with van der Waals surface area (Å²) in [6.07, 6.45) is 5.45. The van der Waals surface area contributed by atoms with Gasteiger partial charge in [-0.25, -0.2) is 0 Å². The van der Waals surface area contributed by atoms with E-state index in [4.69, 9.17) is 18.4 Å². The Balaban J connectivity index is 1.06. The summed E-state index contributed by atoms with van der Waals surface area (Å²) in [7, 11) is -2.57. The van der Waals surface area contributed by atoms with Gasteiger partial charge in [0.2, 0.25) is 6.79 Å². The van der Waals surface area contributed by atoms with Gasteiger partial charge < -0.3 is 18.4 Å². The summed E-state index contributed by atoms with van der Waals surface area (Å²) in [4.78, 5) is 2.50. The highest BCUT2D eigenvalue weighted by atomic mass is 32.2. The molecule has 8 heteroatoms. The SMILES string of the molecule is COc1ccc2c(c1OS(=O)(=O)c1ccc(-c3ccc(C4CCC4)cc3)cc1)CN1CCc3cc4c(cc3C1C2)OCO4. The first-order chi connectivity index (χ1) is 21.0. The second-order valence-electron chi connectivity index (χ2n) is 11.9. The van der Waals surface area contributed by atoms with E-state index in [1.165, 1.54) is 43.1 Å². The van der Waals surface area contributed by atoms with E-state index >= 15 is 0 Å². The maximum absolute atomic E-state index is 13.6. The van der Waals surface area contributed by atoms with Gasteiger partial charge in [0.15, 0.2) is 23.0 Å². The largest absolute Gasteiger partial charge is 0.493 e. The molecule has 8 rings (SSSR count). The van der Waals surface area contributed by atoms with Crippen LogP contribution in [0.2, 0.25) is 0 Å². The first-order valence-corrected chi connectivity index (χ1v) is 16.4. The first kappa shape index (κ1) is 26.6. The van der Waals surface area contributed by atoms with Gasteiger partial charge in [-0.05, 0) is 95.3 Å². The van der Waals surface area contributed by atoms with E-state index < -0.39 is 10.1 Å². The summed E-state index contributed by atoms with van der Waals surface area (Å²) in [5.74, 6) is 2.95. The van der Waals surface area contributed by atoms with Crippen molar-refractivity contribution in [2.24, 2.45) is 0 Å². The van der Waals surface area contributed by atoms with Crippen LogP contribution in [0.15, 0.2) is 77.7 Å². The van der Waals surface area contributed by atoms with Gasteiger partial charge in [-0.15, -0.1) is 0 Å². The van der Waals surface area contributed by atoms with Crippen LogP contribution in [0.25, 0.3) is 11.1 Å². The smallest absolute Gasteiger partial charge is 0.339 e. The average molecular weight is 596 g/mol. The average Bonchev–Trinajstić information content (AvgIpc) is 3.46. The van der Waals surface area contributed by atoms with Crippen molar-refractivity contribution in [3.05, 3.63) is 101 Å². The Morgan fingerprint density at radius 2 is 1.58 bits per heavy atom. The molecule has 0 radical (unpaired) electrons. The fraction of sp³-hybridized carbons (Fsp3) is 0.314. The monoisotopic (exact) mass is 595 g/mol. The van der Waals surface area contributed by atoms with E-state index in [-0.39, 0.29) is 23.5 Å². The molecule has 4 aliphatic rings. The fourth-order valence-electron chi connectivity index (χ4n) is 6.91. The van der Waals surface area contributed by atoms with E-state index in [1.807, 2.05) is 18.2 Å². The summed E-state index contributed by atoms with van der Waals surface area (Å²) in [6.45, 7) is 1.66. The maximum atomic E-state index is 13.6. The number of ether oxygens (including phenoxy) is 3. The van der Waals surface area contributed by atoms with Gasteiger partial charge in [-0.1, -0.05) is 48.9 Å². The van der Waals surface area contributed by atoms with Crippen LogP contribution in [0.4, 0.5) is 0 Å². The number of hydrogen-bond donors (Lipinski definition) is 0. The fourth-order valence-corrected chi connectivity index (χ4v) is 7.88. The molecule has 0 aromatic heterocycles. The number of fused-ring (bicyclic) bond motifs is 5. The van der Waals surface area contributed by atoms with E-state index in [2.05, 4.69) is 41.3 Å². The minimum absolute atomic E-state index is 0.110. The van der Waals surface area contributed by atoms with Crippen LogP contribution < -0.4 is 18.4 Å². The Labute approximate surface area is 252 Å². The molecule has 0 bridgehead atoms. The number of hydrogen-bond acceptors (Lipinski definition) is 7. The lowest BCUT2D eigenvalue weighted by molar-refractivity contribution is 0.159. The lowest BCUT2D eigenvalue weighted by Crippen LogP contribution is -2.39. The van der Waals surface area contributed by atoms with Gasteiger partial charge in [0.25, 0.3) is 0 Å². The molecular formula is C35H33NO6S. The summed E-state index contributed by atoms with van der Waals surface area (Å²) in [5, 5.41) is 0. The van der Waals surface area contributed by atoms with Crippen LogP contribution in [-0.4, -0.2) is 33.8 Å². The Morgan fingerprint density at radius 3 is 2.28 bits per heavy atom. The summed E-state index contributed by atoms with van der Waals surface area (Å²) >= 11 is 0. The van der Waals surface area contributed by atoms with Gasteiger partial charge >= 0.3 is 10.1 Å². The number of benzene rings is 4. The molecule has 4 aromatic carbocycles. The highest BCUT2D eigenvalue weighted by Gasteiger charge is 2.36. The number of nitrogens with zero attached hydrogens (tertiary/aromatic N) is 1. The molecule has 4 aromatic rings. The van der Waals surface area contributed by atoms with E-state index in [9.17, 15) is 8.42 Å².